The summed E-state index contributed by atoms with van der Waals surface area (Å²) in [6.07, 6.45) is 1.58. The number of nitrogens with zero attached hydrogens (tertiary/aromatic N) is 3. The van der Waals surface area contributed by atoms with Crippen molar-refractivity contribution in [2.24, 2.45) is 11.7 Å². The molecule has 1 atom stereocenters. The molecule has 1 aromatic heterocycles. The quantitative estimate of drug-likeness (QED) is 0.867. The first-order valence-electron chi connectivity index (χ1n) is 7.60. The first-order chi connectivity index (χ1) is 10.5. The summed E-state index contributed by atoms with van der Waals surface area (Å²) < 4.78 is 10.7. The fourth-order valence-electron chi connectivity index (χ4n) is 2.34. The summed E-state index contributed by atoms with van der Waals surface area (Å²) in [7, 11) is 1.54. The summed E-state index contributed by atoms with van der Waals surface area (Å²) in [5, 5.41) is 7.82. The van der Waals surface area contributed by atoms with Gasteiger partial charge in [-0.25, -0.2) is 0 Å². The van der Waals surface area contributed by atoms with Crippen LogP contribution in [-0.2, 0) is 4.79 Å². The van der Waals surface area contributed by atoms with Crippen LogP contribution in [-0.4, -0.2) is 53.3 Å². The lowest BCUT2D eigenvalue weighted by Crippen LogP contribution is -2.50. The van der Waals surface area contributed by atoms with E-state index in [-0.39, 0.29) is 17.9 Å². The monoisotopic (exact) mass is 308 g/mol. The van der Waals surface area contributed by atoms with Crippen molar-refractivity contribution in [3.8, 4) is 11.8 Å². The fraction of sp³-hybridized carbons (Fsp3) is 0.667. The van der Waals surface area contributed by atoms with Crippen LogP contribution in [0.4, 0.5) is 0 Å². The molecule has 0 spiro atoms. The van der Waals surface area contributed by atoms with E-state index in [4.69, 9.17) is 15.2 Å². The van der Waals surface area contributed by atoms with Gasteiger partial charge in [-0.3, -0.25) is 4.79 Å². The number of hydrogen-bond donors (Lipinski definition) is 1. The van der Waals surface area contributed by atoms with Crippen LogP contribution in [0.3, 0.4) is 0 Å². The Morgan fingerprint density at radius 2 is 1.86 bits per heavy atom. The number of amides is 1. The molecule has 7 nitrogen and oxygen atoms in total. The zero-order valence-corrected chi connectivity index (χ0v) is 13.4. The molecule has 1 saturated heterocycles. The Balaban J connectivity index is 1.82. The number of rotatable bonds is 5. The lowest BCUT2D eigenvalue weighted by Gasteiger charge is -2.34. The predicted octanol–water partition coefficient (Wildman–Crippen LogP) is 0.838. The highest BCUT2D eigenvalue weighted by molar-refractivity contribution is 5.82. The molecule has 1 aliphatic rings. The molecule has 0 aliphatic carbocycles. The van der Waals surface area contributed by atoms with Crippen LogP contribution >= 0.6 is 0 Å². The maximum atomic E-state index is 12.2. The summed E-state index contributed by atoms with van der Waals surface area (Å²) in [6, 6.07) is 3.02. The van der Waals surface area contributed by atoms with Crippen LogP contribution in [0.15, 0.2) is 12.1 Å². The van der Waals surface area contributed by atoms with E-state index >= 15 is 0 Å². The van der Waals surface area contributed by atoms with E-state index in [0.717, 1.165) is 12.8 Å². The molecule has 0 saturated carbocycles. The molecule has 122 valence electrons. The van der Waals surface area contributed by atoms with Crippen molar-refractivity contribution in [1.29, 1.82) is 0 Å². The van der Waals surface area contributed by atoms with E-state index in [2.05, 4.69) is 10.2 Å². The number of aromatic nitrogens is 2. The summed E-state index contributed by atoms with van der Waals surface area (Å²) in [6.45, 7) is 5.24. The second kappa shape index (κ2) is 7.40. The van der Waals surface area contributed by atoms with Gasteiger partial charge >= 0.3 is 0 Å². The van der Waals surface area contributed by atoms with Gasteiger partial charge < -0.3 is 20.1 Å². The molecule has 7 heteroatoms. The maximum Gasteiger partial charge on any atom is 0.239 e. The SMILES string of the molecule is COc1ccc(OC2CCN(C(=O)[C@@H](N)C(C)C)CC2)nn1. The number of carbonyl (C=O) groups is 1. The van der Waals surface area contributed by atoms with E-state index < -0.39 is 6.04 Å². The normalized spacial score (nSPS) is 17.4. The Morgan fingerprint density at radius 3 is 2.36 bits per heavy atom. The van der Waals surface area contributed by atoms with Crippen LogP contribution < -0.4 is 15.2 Å². The molecule has 0 radical (unpaired) electrons. The Morgan fingerprint density at radius 1 is 1.27 bits per heavy atom. The van der Waals surface area contributed by atoms with E-state index in [1.165, 1.54) is 0 Å². The number of hydrogen-bond acceptors (Lipinski definition) is 6. The standard InChI is InChI=1S/C15H24N4O3/c1-10(2)14(16)15(20)19-8-6-11(7-9-19)22-13-5-4-12(21-3)17-18-13/h4-5,10-11,14H,6-9,16H2,1-3H3/t14-/m0/s1. The zero-order chi connectivity index (χ0) is 16.1. The Hall–Kier alpha value is -1.89. The minimum absolute atomic E-state index is 0.0256. The number of piperidine rings is 1. The van der Waals surface area contributed by atoms with E-state index in [1.54, 1.807) is 19.2 Å². The topological polar surface area (TPSA) is 90.6 Å². The van der Waals surface area contributed by atoms with Gasteiger partial charge in [-0.15, -0.1) is 10.2 Å². The zero-order valence-electron chi connectivity index (χ0n) is 13.4. The molecule has 1 aliphatic heterocycles. The Bertz CT molecular complexity index is 484. The van der Waals surface area contributed by atoms with Crippen molar-refractivity contribution in [1.82, 2.24) is 15.1 Å². The minimum Gasteiger partial charge on any atom is -0.480 e. The molecule has 22 heavy (non-hydrogen) atoms. The molecular formula is C15H24N4O3. The highest BCUT2D eigenvalue weighted by Gasteiger charge is 2.28. The third-order valence-electron chi connectivity index (χ3n) is 3.87. The predicted molar refractivity (Wildman–Crippen MR) is 81.6 cm³/mol. The number of ether oxygens (including phenoxy) is 2. The molecule has 2 heterocycles. The van der Waals surface area contributed by atoms with Gasteiger partial charge in [-0.05, 0) is 5.92 Å². The number of nitrogens with two attached hydrogens (primary N) is 1. The average Bonchev–Trinajstić information content (AvgIpc) is 2.55. The van der Waals surface area contributed by atoms with Gasteiger partial charge in [0.25, 0.3) is 0 Å². The molecule has 2 N–H and O–H groups in total. The lowest BCUT2D eigenvalue weighted by atomic mass is 10.0. The van der Waals surface area contributed by atoms with Crippen LogP contribution in [0.1, 0.15) is 26.7 Å². The van der Waals surface area contributed by atoms with Crippen molar-refractivity contribution in [3.63, 3.8) is 0 Å². The first-order valence-corrected chi connectivity index (χ1v) is 7.60. The molecule has 1 amide bonds. The summed E-state index contributed by atoms with van der Waals surface area (Å²) in [5.74, 6) is 1.11. The molecular weight excluding hydrogens is 284 g/mol. The molecule has 0 unspecified atom stereocenters. The van der Waals surface area contributed by atoms with Gasteiger partial charge in [-0.1, -0.05) is 13.8 Å². The van der Waals surface area contributed by atoms with Crippen molar-refractivity contribution in [2.45, 2.75) is 38.8 Å². The fourth-order valence-corrected chi connectivity index (χ4v) is 2.34. The second-order valence-electron chi connectivity index (χ2n) is 5.83. The van der Waals surface area contributed by atoms with Gasteiger partial charge in [0.05, 0.1) is 13.2 Å². The molecule has 2 rings (SSSR count). The van der Waals surface area contributed by atoms with E-state index in [0.29, 0.717) is 24.8 Å². The third-order valence-corrected chi connectivity index (χ3v) is 3.87. The van der Waals surface area contributed by atoms with Gasteiger partial charge in [0.2, 0.25) is 17.7 Å². The number of carbonyl (C=O) groups excluding carboxylic acids is 1. The van der Waals surface area contributed by atoms with Crippen LogP contribution in [0.25, 0.3) is 0 Å². The summed E-state index contributed by atoms with van der Waals surface area (Å²) in [5.41, 5.74) is 5.92. The van der Waals surface area contributed by atoms with Crippen LogP contribution in [0.5, 0.6) is 11.8 Å². The molecule has 0 bridgehead atoms. The maximum absolute atomic E-state index is 12.2. The largest absolute Gasteiger partial charge is 0.480 e. The molecule has 1 aromatic rings. The van der Waals surface area contributed by atoms with Gasteiger partial charge in [0.1, 0.15) is 6.10 Å². The molecule has 1 fully saturated rings. The highest BCUT2D eigenvalue weighted by Crippen LogP contribution is 2.19. The van der Waals surface area contributed by atoms with E-state index in [9.17, 15) is 4.79 Å². The smallest absolute Gasteiger partial charge is 0.239 e. The number of methoxy groups -OCH3 is 1. The van der Waals surface area contributed by atoms with Crippen LogP contribution in [0.2, 0.25) is 0 Å². The number of likely N-dealkylation sites (tertiary alicyclic amines) is 1. The summed E-state index contributed by atoms with van der Waals surface area (Å²) >= 11 is 0. The highest BCUT2D eigenvalue weighted by atomic mass is 16.5. The average molecular weight is 308 g/mol. The second-order valence-corrected chi connectivity index (χ2v) is 5.83. The Labute approximate surface area is 130 Å². The van der Waals surface area contributed by atoms with Gasteiger partial charge in [0, 0.05) is 38.1 Å². The summed E-state index contributed by atoms with van der Waals surface area (Å²) in [4.78, 5) is 14.0. The lowest BCUT2D eigenvalue weighted by molar-refractivity contribution is -0.135. The van der Waals surface area contributed by atoms with Crippen molar-refractivity contribution >= 4 is 5.91 Å². The Kier molecular flexibility index (Phi) is 5.54. The minimum atomic E-state index is -0.426. The van der Waals surface area contributed by atoms with Gasteiger partial charge in [0.15, 0.2) is 0 Å². The molecule has 0 aromatic carbocycles. The van der Waals surface area contributed by atoms with Crippen molar-refractivity contribution in [2.75, 3.05) is 20.2 Å². The third kappa shape index (κ3) is 4.07. The van der Waals surface area contributed by atoms with E-state index in [1.807, 2.05) is 18.7 Å². The van der Waals surface area contributed by atoms with Crippen molar-refractivity contribution in [3.05, 3.63) is 12.1 Å². The van der Waals surface area contributed by atoms with Gasteiger partial charge in [-0.2, -0.15) is 0 Å². The van der Waals surface area contributed by atoms with Crippen LogP contribution in [0, 0.1) is 5.92 Å². The first kappa shape index (κ1) is 16.5. The van der Waals surface area contributed by atoms with Crippen molar-refractivity contribution < 1.29 is 14.3 Å².